The highest BCUT2D eigenvalue weighted by molar-refractivity contribution is 7.80. The maximum absolute atomic E-state index is 5.14. The quantitative estimate of drug-likeness (QED) is 0.518. The van der Waals surface area contributed by atoms with Gasteiger partial charge in [-0.25, -0.2) is 0 Å². The summed E-state index contributed by atoms with van der Waals surface area (Å²) < 4.78 is 4.94. The van der Waals surface area contributed by atoms with Crippen molar-refractivity contribution in [1.82, 2.24) is 10.6 Å². The van der Waals surface area contributed by atoms with Gasteiger partial charge in [0.25, 0.3) is 0 Å². The summed E-state index contributed by atoms with van der Waals surface area (Å²) >= 11 is 5.14. The third kappa shape index (κ3) is 4.77. The van der Waals surface area contributed by atoms with Crippen LogP contribution in [0.4, 0.5) is 0 Å². The van der Waals surface area contributed by atoms with E-state index in [9.17, 15) is 0 Å². The summed E-state index contributed by atoms with van der Waals surface area (Å²) in [6, 6.07) is 0. The molecule has 82 valence electrons. The molecule has 1 aliphatic carbocycles. The molecule has 1 saturated carbocycles. The van der Waals surface area contributed by atoms with Crippen LogP contribution in [-0.2, 0) is 4.74 Å². The molecule has 0 unspecified atom stereocenters. The van der Waals surface area contributed by atoms with Crippen LogP contribution in [-0.4, -0.2) is 31.9 Å². The van der Waals surface area contributed by atoms with Gasteiger partial charge in [-0.15, -0.1) is 0 Å². The van der Waals surface area contributed by atoms with Gasteiger partial charge >= 0.3 is 0 Å². The number of hydrogen-bond acceptors (Lipinski definition) is 2. The van der Waals surface area contributed by atoms with Crippen molar-refractivity contribution >= 4 is 17.3 Å². The molecule has 0 bridgehead atoms. The fraction of sp³-hybridized carbons (Fsp3) is 0.900. The molecule has 14 heavy (non-hydrogen) atoms. The van der Waals surface area contributed by atoms with E-state index in [2.05, 4.69) is 17.6 Å². The number of thiocarbonyl (C=S) groups is 1. The molecule has 0 atom stereocenters. The molecule has 0 amide bonds. The Morgan fingerprint density at radius 3 is 2.71 bits per heavy atom. The lowest BCUT2D eigenvalue weighted by Gasteiger charge is -2.13. The Morgan fingerprint density at radius 2 is 2.14 bits per heavy atom. The second-order valence-electron chi connectivity index (χ2n) is 4.27. The molecule has 0 radical (unpaired) electrons. The van der Waals surface area contributed by atoms with E-state index in [1.807, 2.05) is 0 Å². The van der Waals surface area contributed by atoms with Gasteiger partial charge in [-0.05, 0) is 36.9 Å². The molecular weight excluding hydrogens is 196 g/mol. The van der Waals surface area contributed by atoms with Crippen molar-refractivity contribution in [1.29, 1.82) is 0 Å². The largest absolute Gasteiger partial charge is 0.385 e. The highest BCUT2D eigenvalue weighted by Gasteiger charge is 2.36. The summed E-state index contributed by atoms with van der Waals surface area (Å²) in [5.74, 6) is 0. The van der Waals surface area contributed by atoms with E-state index in [0.717, 1.165) is 31.2 Å². The Balaban J connectivity index is 1.93. The fourth-order valence-corrected chi connectivity index (χ4v) is 1.34. The van der Waals surface area contributed by atoms with Crippen molar-refractivity contribution in [3.05, 3.63) is 0 Å². The molecule has 0 aliphatic heterocycles. The smallest absolute Gasteiger partial charge is 0.166 e. The molecule has 0 spiro atoms. The van der Waals surface area contributed by atoms with E-state index in [4.69, 9.17) is 17.0 Å². The van der Waals surface area contributed by atoms with Crippen LogP contribution < -0.4 is 10.6 Å². The first-order valence-corrected chi connectivity index (χ1v) is 5.58. The Bertz CT molecular complexity index is 193. The average Bonchev–Trinajstić information content (AvgIpc) is 2.89. The van der Waals surface area contributed by atoms with Crippen molar-refractivity contribution < 1.29 is 4.74 Å². The molecule has 0 heterocycles. The van der Waals surface area contributed by atoms with E-state index in [1.165, 1.54) is 12.8 Å². The number of rotatable bonds is 6. The van der Waals surface area contributed by atoms with Gasteiger partial charge in [-0.1, -0.05) is 6.92 Å². The predicted molar refractivity (Wildman–Crippen MR) is 62.4 cm³/mol. The van der Waals surface area contributed by atoms with Crippen molar-refractivity contribution in [2.45, 2.75) is 26.2 Å². The van der Waals surface area contributed by atoms with Crippen LogP contribution in [0.3, 0.4) is 0 Å². The highest BCUT2D eigenvalue weighted by atomic mass is 32.1. The van der Waals surface area contributed by atoms with E-state index in [0.29, 0.717) is 5.41 Å². The van der Waals surface area contributed by atoms with E-state index in [-0.39, 0.29) is 0 Å². The number of nitrogens with one attached hydrogen (secondary N) is 2. The lowest BCUT2D eigenvalue weighted by Crippen LogP contribution is -2.38. The lowest BCUT2D eigenvalue weighted by atomic mass is 10.1. The molecule has 0 aromatic rings. The van der Waals surface area contributed by atoms with Gasteiger partial charge in [-0.2, -0.15) is 0 Å². The molecule has 4 heteroatoms. The third-order valence-corrected chi connectivity index (χ3v) is 2.88. The van der Waals surface area contributed by atoms with E-state index >= 15 is 0 Å². The van der Waals surface area contributed by atoms with Gasteiger partial charge in [0, 0.05) is 26.8 Å². The number of hydrogen-bond donors (Lipinski definition) is 2. The molecule has 1 rings (SSSR count). The Kier molecular flexibility index (Phi) is 4.62. The average molecular weight is 216 g/mol. The van der Waals surface area contributed by atoms with Crippen molar-refractivity contribution in [2.75, 3.05) is 26.8 Å². The number of methoxy groups -OCH3 is 1. The first-order valence-electron chi connectivity index (χ1n) is 5.17. The van der Waals surface area contributed by atoms with Crippen LogP contribution in [0.25, 0.3) is 0 Å². The van der Waals surface area contributed by atoms with Crippen LogP contribution in [0.5, 0.6) is 0 Å². The van der Waals surface area contributed by atoms with Crippen LogP contribution in [0.2, 0.25) is 0 Å². The second-order valence-corrected chi connectivity index (χ2v) is 4.67. The first kappa shape index (κ1) is 11.7. The molecular formula is C10H20N2OS. The predicted octanol–water partition coefficient (Wildman–Crippen LogP) is 1.29. The van der Waals surface area contributed by atoms with Gasteiger partial charge in [0.1, 0.15) is 0 Å². The summed E-state index contributed by atoms with van der Waals surface area (Å²) in [4.78, 5) is 0. The van der Waals surface area contributed by atoms with Crippen LogP contribution in [0.15, 0.2) is 0 Å². The molecule has 1 fully saturated rings. The van der Waals surface area contributed by atoms with E-state index in [1.54, 1.807) is 7.11 Å². The highest BCUT2D eigenvalue weighted by Crippen LogP contribution is 2.43. The molecule has 3 nitrogen and oxygen atoms in total. The molecule has 0 saturated heterocycles. The normalized spacial score (nSPS) is 17.6. The lowest BCUT2D eigenvalue weighted by molar-refractivity contribution is 0.195. The minimum atomic E-state index is 0.512. The maximum atomic E-state index is 5.14. The summed E-state index contributed by atoms with van der Waals surface area (Å²) in [5.41, 5.74) is 0.512. The fourth-order valence-electron chi connectivity index (χ4n) is 1.16. The van der Waals surface area contributed by atoms with Gasteiger partial charge in [0.05, 0.1) is 0 Å². The molecule has 0 aromatic heterocycles. The summed E-state index contributed by atoms with van der Waals surface area (Å²) in [6.45, 7) is 4.96. The summed E-state index contributed by atoms with van der Waals surface area (Å²) in [7, 11) is 1.71. The first-order chi connectivity index (χ1) is 6.66. The summed E-state index contributed by atoms with van der Waals surface area (Å²) in [6.07, 6.45) is 3.65. The van der Waals surface area contributed by atoms with E-state index < -0.39 is 0 Å². The van der Waals surface area contributed by atoms with Crippen LogP contribution in [0, 0.1) is 5.41 Å². The van der Waals surface area contributed by atoms with Gasteiger partial charge in [-0.3, -0.25) is 0 Å². The number of ether oxygens (including phenoxy) is 1. The SMILES string of the molecule is COCCCNC(=S)NCC1(C)CC1. The van der Waals surface area contributed by atoms with Gasteiger partial charge in [0.15, 0.2) is 5.11 Å². The monoisotopic (exact) mass is 216 g/mol. The van der Waals surface area contributed by atoms with Gasteiger partial charge in [0.2, 0.25) is 0 Å². The molecule has 0 aromatic carbocycles. The second kappa shape index (κ2) is 5.51. The minimum Gasteiger partial charge on any atom is -0.385 e. The Labute approximate surface area is 91.6 Å². The zero-order chi connectivity index (χ0) is 10.4. The maximum Gasteiger partial charge on any atom is 0.166 e. The van der Waals surface area contributed by atoms with Crippen molar-refractivity contribution in [2.24, 2.45) is 5.41 Å². The molecule has 2 N–H and O–H groups in total. The third-order valence-electron chi connectivity index (χ3n) is 2.59. The topological polar surface area (TPSA) is 33.3 Å². The van der Waals surface area contributed by atoms with Crippen molar-refractivity contribution in [3.8, 4) is 0 Å². The Morgan fingerprint density at radius 1 is 1.43 bits per heavy atom. The van der Waals surface area contributed by atoms with Crippen LogP contribution in [0.1, 0.15) is 26.2 Å². The van der Waals surface area contributed by atoms with Crippen molar-refractivity contribution in [3.63, 3.8) is 0 Å². The summed E-state index contributed by atoms with van der Waals surface area (Å²) in [5, 5.41) is 7.17. The zero-order valence-corrected chi connectivity index (χ0v) is 9.88. The minimum absolute atomic E-state index is 0.512. The standard InChI is InChI=1S/C10H20N2OS/c1-10(4-5-10)8-12-9(14)11-6-3-7-13-2/h3-8H2,1-2H3,(H2,11,12,14). The molecule has 1 aliphatic rings. The Hall–Kier alpha value is -0.350. The zero-order valence-electron chi connectivity index (χ0n) is 9.06. The van der Waals surface area contributed by atoms with Crippen LogP contribution >= 0.6 is 12.2 Å². The van der Waals surface area contributed by atoms with Gasteiger partial charge < -0.3 is 15.4 Å².